The minimum atomic E-state index is 0.0495. The van der Waals surface area contributed by atoms with Gasteiger partial charge in [-0.05, 0) is 37.8 Å². The van der Waals surface area contributed by atoms with Crippen LogP contribution in [0.3, 0.4) is 0 Å². The molecule has 2 aliphatic heterocycles. The molecule has 0 N–H and O–H groups in total. The second kappa shape index (κ2) is 6.97. The number of methoxy groups -OCH3 is 1. The lowest BCUT2D eigenvalue weighted by molar-refractivity contribution is -0.132. The zero-order valence-electron chi connectivity index (χ0n) is 14.8. The van der Waals surface area contributed by atoms with E-state index in [9.17, 15) is 9.59 Å². The molecule has 3 heterocycles. The van der Waals surface area contributed by atoms with Crippen LogP contribution in [0.4, 0.5) is 0 Å². The minimum absolute atomic E-state index is 0.0495. The fourth-order valence-electron chi connectivity index (χ4n) is 3.96. The Hall–Kier alpha value is -1.82. The fourth-order valence-corrected chi connectivity index (χ4v) is 3.96. The minimum Gasteiger partial charge on any atom is -0.380 e. The van der Waals surface area contributed by atoms with E-state index in [2.05, 4.69) is 0 Å². The molecule has 24 heavy (non-hydrogen) atoms. The fraction of sp³-hybridized carbons (Fsp3) is 0.667. The maximum Gasteiger partial charge on any atom is 0.270 e. The maximum absolute atomic E-state index is 12.8. The highest BCUT2D eigenvalue weighted by Crippen LogP contribution is 2.32. The van der Waals surface area contributed by atoms with Crippen LogP contribution < -0.4 is 0 Å². The van der Waals surface area contributed by atoms with Gasteiger partial charge in [-0.15, -0.1) is 0 Å². The van der Waals surface area contributed by atoms with Crippen LogP contribution in [0.25, 0.3) is 0 Å². The molecular formula is C18H27N3O3. The smallest absolute Gasteiger partial charge is 0.270 e. The summed E-state index contributed by atoms with van der Waals surface area (Å²) in [5.41, 5.74) is 1.74. The molecule has 1 unspecified atom stereocenters. The van der Waals surface area contributed by atoms with E-state index in [0.717, 1.165) is 44.5 Å². The second-order valence-electron chi connectivity index (χ2n) is 6.82. The van der Waals surface area contributed by atoms with Gasteiger partial charge in [0, 0.05) is 46.4 Å². The third kappa shape index (κ3) is 3.07. The number of amides is 2. The quantitative estimate of drug-likeness (QED) is 0.850. The summed E-state index contributed by atoms with van der Waals surface area (Å²) in [6, 6.07) is 3.97. The molecule has 0 bridgehead atoms. The van der Waals surface area contributed by atoms with Gasteiger partial charge < -0.3 is 19.1 Å². The molecule has 0 spiro atoms. The maximum atomic E-state index is 12.8. The van der Waals surface area contributed by atoms with E-state index in [1.807, 2.05) is 33.5 Å². The summed E-state index contributed by atoms with van der Waals surface area (Å²) < 4.78 is 7.32. The van der Waals surface area contributed by atoms with Gasteiger partial charge in [0.05, 0.1) is 12.1 Å². The summed E-state index contributed by atoms with van der Waals surface area (Å²) >= 11 is 0. The first-order valence-electron chi connectivity index (χ1n) is 8.77. The number of piperidine rings is 1. The Morgan fingerprint density at radius 1 is 1.17 bits per heavy atom. The van der Waals surface area contributed by atoms with Crippen molar-refractivity contribution >= 4 is 11.8 Å². The molecule has 2 saturated heterocycles. The molecule has 3 rings (SSSR count). The van der Waals surface area contributed by atoms with Gasteiger partial charge in [-0.25, -0.2) is 0 Å². The van der Waals surface area contributed by atoms with Crippen LogP contribution in [-0.2, 0) is 16.6 Å². The highest BCUT2D eigenvalue weighted by molar-refractivity contribution is 5.93. The number of carbonyl (C=O) groups excluding carboxylic acids is 2. The first kappa shape index (κ1) is 17.0. The molecule has 0 radical (unpaired) electrons. The third-order valence-corrected chi connectivity index (χ3v) is 5.39. The predicted octanol–water partition coefficient (Wildman–Crippen LogP) is 1.96. The molecule has 132 valence electrons. The van der Waals surface area contributed by atoms with Crippen LogP contribution in [0.2, 0.25) is 0 Å². The molecular weight excluding hydrogens is 306 g/mol. The van der Waals surface area contributed by atoms with E-state index in [4.69, 9.17) is 4.74 Å². The van der Waals surface area contributed by atoms with Gasteiger partial charge in [0.1, 0.15) is 5.69 Å². The van der Waals surface area contributed by atoms with E-state index in [-0.39, 0.29) is 24.0 Å². The van der Waals surface area contributed by atoms with Crippen molar-refractivity contribution in [3.8, 4) is 0 Å². The van der Waals surface area contributed by atoms with Crippen LogP contribution in [0.5, 0.6) is 0 Å². The van der Waals surface area contributed by atoms with Crippen molar-refractivity contribution in [2.75, 3.05) is 26.7 Å². The molecule has 1 aromatic heterocycles. The van der Waals surface area contributed by atoms with Crippen LogP contribution in [0.15, 0.2) is 12.1 Å². The Kier molecular flexibility index (Phi) is 4.94. The third-order valence-electron chi connectivity index (χ3n) is 5.39. The Bertz CT molecular complexity index is 625. The molecule has 1 aromatic rings. The number of ether oxygens (including phenoxy) is 1. The summed E-state index contributed by atoms with van der Waals surface area (Å²) in [4.78, 5) is 28.5. The van der Waals surface area contributed by atoms with Gasteiger partial charge in [-0.2, -0.15) is 0 Å². The molecule has 2 amide bonds. The predicted molar refractivity (Wildman–Crippen MR) is 90.7 cm³/mol. The molecule has 2 aliphatic rings. The first-order valence-corrected chi connectivity index (χ1v) is 8.77. The Morgan fingerprint density at radius 2 is 1.96 bits per heavy atom. The molecule has 6 heteroatoms. The van der Waals surface area contributed by atoms with Gasteiger partial charge in [0.2, 0.25) is 5.91 Å². The molecule has 6 nitrogen and oxygen atoms in total. The molecule has 0 aromatic carbocycles. The average Bonchev–Trinajstić information content (AvgIpc) is 3.21. The second-order valence-corrected chi connectivity index (χ2v) is 6.82. The van der Waals surface area contributed by atoms with E-state index in [0.29, 0.717) is 12.2 Å². The van der Waals surface area contributed by atoms with E-state index in [1.54, 1.807) is 14.0 Å². The number of hydrogen-bond acceptors (Lipinski definition) is 3. The Balaban J connectivity index is 1.80. The Morgan fingerprint density at radius 3 is 2.62 bits per heavy atom. The van der Waals surface area contributed by atoms with Crippen molar-refractivity contribution in [3.63, 3.8) is 0 Å². The number of aromatic nitrogens is 1. The number of nitrogens with zero attached hydrogens (tertiary/aromatic N) is 3. The molecule has 2 atom stereocenters. The van der Waals surface area contributed by atoms with E-state index >= 15 is 0 Å². The van der Waals surface area contributed by atoms with Gasteiger partial charge in [0.25, 0.3) is 5.91 Å². The highest BCUT2D eigenvalue weighted by Gasteiger charge is 2.31. The zero-order chi connectivity index (χ0) is 17.3. The van der Waals surface area contributed by atoms with Crippen molar-refractivity contribution in [1.82, 2.24) is 14.4 Å². The Labute approximate surface area is 143 Å². The van der Waals surface area contributed by atoms with Crippen molar-refractivity contribution in [2.24, 2.45) is 7.05 Å². The summed E-state index contributed by atoms with van der Waals surface area (Å²) in [5.74, 6) is 0.157. The van der Waals surface area contributed by atoms with Crippen LogP contribution in [0.1, 0.15) is 54.8 Å². The van der Waals surface area contributed by atoms with E-state index in [1.165, 1.54) is 0 Å². The van der Waals surface area contributed by atoms with Crippen molar-refractivity contribution in [3.05, 3.63) is 23.5 Å². The summed E-state index contributed by atoms with van der Waals surface area (Å²) in [5, 5.41) is 0. The van der Waals surface area contributed by atoms with Crippen LogP contribution >= 0.6 is 0 Å². The van der Waals surface area contributed by atoms with Gasteiger partial charge in [-0.1, -0.05) is 0 Å². The average molecular weight is 333 g/mol. The van der Waals surface area contributed by atoms with Gasteiger partial charge in [0.15, 0.2) is 0 Å². The van der Waals surface area contributed by atoms with Crippen LogP contribution in [0, 0.1) is 0 Å². The normalized spacial score (nSPS) is 24.5. The standard InChI is InChI=1S/C18H27N3O3/c1-13(22)21-10-5-4-6-16(21)15-7-8-17(19(15)2)18(23)20-11-9-14(12-20)24-3/h7-8,14,16H,4-6,9-12H2,1-3H3/t14-,16?/m1/s1. The van der Waals surface area contributed by atoms with Crippen molar-refractivity contribution in [2.45, 2.75) is 44.8 Å². The van der Waals surface area contributed by atoms with Crippen LogP contribution in [-0.4, -0.2) is 59.0 Å². The zero-order valence-corrected chi connectivity index (χ0v) is 14.8. The van der Waals surface area contributed by atoms with Crippen molar-refractivity contribution in [1.29, 1.82) is 0 Å². The lowest BCUT2D eigenvalue weighted by atomic mass is 9.99. The SMILES string of the molecule is CO[C@@H]1CCN(C(=O)c2ccc(C3CCCCN3C(C)=O)n2C)C1. The molecule has 2 fully saturated rings. The van der Waals surface area contributed by atoms with Crippen molar-refractivity contribution < 1.29 is 14.3 Å². The van der Waals surface area contributed by atoms with Gasteiger partial charge in [-0.3, -0.25) is 9.59 Å². The number of rotatable bonds is 3. The number of likely N-dealkylation sites (tertiary alicyclic amines) is 2. The summed E-state index contributed by atoms with van der Waals surface area (Å²) in [7, 11) is 3.62. The van der Waals surface area contributed by atoms with E-state index < -0.39 is 0 Å². The summed E-state index contributed by atoms with van der Waals surface area (Å²) in [6.45, 7) is 3.82. The largest absolute Gasteiger partial charge is 0.380 e. The first-order chi connectivity index (χ1) is 11.5. The lowest BCUT2D eigenvalue weighted by Crippen LogP contribution is -2.38. The lowest BCUT2D eigenvalue weighted by Gasteiger charge is -2.35. The highest BCUT2D eigenvalue weighted by atomic mass is 16.5. The monoisotopic (exact) mass is 333 g/mol. The number of hydrogen-bond donors (Lipinski definition) is 0. The molecule has 0 aliphatic carbocycles. The van der Waals surface area contributed by atoms with Gasteiger partial charge >= 0.3 is 0 Å². The summed E-state index contributed by atoms with van der Waals surface area (Å²) in [6.07, 6.45) is 4.16. The number of carbonyl (C=O) groups is 2. The topological polar surface area (TPSA) is 54.8 Å². The molecule has 0 saturated carbocycles.